The fourth-order valence-electron chi connectivity index (χ4n) is 2.06. The highest BCUT2D eigenvalue weighted by Crippen LogP contribution is 2.19. The summed E-state index contributed by atoms with van der Waals surface area (Å²) in [5.41, 5.74) is 1.97. The van der Waals surface area contributed by atoms with Gasteiger partial charge in [-0.25, -0.2) is 4.39 Å². The van der Waals surface area contributed by atoms with Crippen LogP contribution in [0.25, 0.3) is 0 Å². The molecule has 0 saturated carbocycles. The second-order valence-corrected chi connectivity index (χ2v) is 5.97. The molecule has 0 unspecified atom stereocenters. The summed E-state index contributed by atoms with van der Waals surface area (Å²) < 4.78 is 13.1. The topological polar surface area (TPSA) is 24.1 Å². The van der Waals surface area contributed by atoms with Crippen LogP contribution in [0.4, 0.5) is 10.1 Å². The number of anilines is 1. The molecule has 0 spiro atoms. The fraction of sp³-hybridized carbons (Fsp3) is 0.235. The Morgan fingerprint density at radius 3 is 2.64 bits per heavy atom. The van der Waals surface area contributed by atoms with Crippen molar-refractivity contribution in [3.8, 4) is 0 Å². The minimum absolute atomic E-state index is 0.0740. The van der Waals surface area contributed by atoms with Crippen molar-refractivity contribution in [2.75, 3.05) is 5.32 Å². The highest BCUT2D eigenvalue weighted by atomic mass is 35.5. The molecular weight excluding hydrogens is 319 g/mol. The van der Waals surface area contributed by atoms with Crippen molar-refractivity contribution in [1.82, 2.24) is 5.32 Å². The van der Waals surface area contributed by atoms with Gasteiger partial charge in [-0.05, 0) is 55.7 Å². The van der Waals surface area contributed by atoms with Crippen molar-refractivity contribution in [2.24, 2.45) is 0 Å². The summed E-state index contributed by atoms with van der Waals surface area (Å²) in [7, 11) is 0. The highest BCUT2D eigenvalue weighted by Gasteiger charge is 2.06. The van der Waals surface area contributed by atoms with Crippen LogP contribution in [0.1, 0.15) is 18.9 Å². The Hall–Kier alpha value is -1.65. The second-order valence-electron chi connectivity index (χ2n) is 5.15. The average molecular weight is 337 g/mol. The van der Waals surface area contributed by atoms with Crippen LogP contribution in [-0.2, 0) is 6.42 Å². The van der Waals surface area contributed by atoms with Gasteiger partial charge in [0.1, 0.15) is 5.82 Å². The van der Waals surface area contributed by atoms with E-state index in [1.165, 1.54) is 17.7 Å². The molecule has 5 heteroatoms. The predicted molar refractivity (Wildman–Crippen MR) is 95.0 cm³/mol. The van der Waals surface area contributed by atoms with Crippen molar-refractivity contribution >= 4 is 34.6 Å². The lowest BCUT2D eigenvalue weighted by Crippen LogP contribution is -2.36. The van der Waals surface area contributed by atoms with Gasteiger partial charge < -0.3 is 10.6 Å². The summed E-state index contributed by atoms with van der Waals surface area (Å²) in [6.07, 6.45) is 1.95. The number of hydrogen-bond donors (Lipinski definition) is 2. The van der Waals surface area contributed by atoms with Crippen molar-refractivity contribution in [3.63, 3.8) is 0 Å². The van der Waals surface area contributed by atoms with Crippen LogP contribution >= 0.6 is 23.8 Å². The quantitative estimate of drug-likeness (QED) is 0.768. The van der Waals surface area contributed by atoms with Crippen LogP contribution in [0.5, 0.6) is 0 Å². The minimum atomic E-state index is -0.442. The molecule has 2 rings (SSSR count). The molecule has 0 bridgehead atoms. The van der Waals surface area contributed by atoms with Gasteiger partial charge >= 0.3 is 0 Å². The number of benzene rings is 2. The highest BCUT2D eigenvalue weighted by molar-refractivity contribution is 7.80. The van der Waals surface area contributed by atoms with Crippen LogP contribution in [0.2, 0.25) is 5.02 Å². The van der Waals surface area contributed by atoms with Crippen LogP contribution < -0.4 is 10.6 Å². The molecule has 1 atom stereocenters. The number of aryl methyl sites for hydroxylation is 1. The molecule has 0 radical (unpaired) electrons. The molecule has 0 heterocycles. The maximum atomic E-state index is 13.1. The van der Waals surface area contributed by atoms with E-state index in [2.05, 4.69) is 29.7 Å². The van der Waals surface area contributed by atoms with Crippen LogP contribution in [-0.4, -0.2) is 11.2 Å². The van der Waals surface area contributed by atoms with E-state index in [9.17, 15) is 4.39 Å². The number of hydrogen-bond acceptors (Lipinski definition) is 1. The lowest BCUT2D eigenvalue weighted by atomic mass is 10.1. The normalized spacial score (nSPS) is 11.8. The molecule has 0 aliphatic heterocycles. The van der Waals surface area contributed by atoms with Crippen LogP contribution in [0, 0.1) is 5.82 Å². The summed E-state index contributed by atoms with van der Waals surface area (Å²) in [4.78, 5) is 0. The number of halogens is 2. The first-order chi connectivity index (χ1) is 10.5. The lowest BCUT2D eigenvalue weighted by Gasteiger charge is -2.17. The first-order valence-electron chi connectivity index (χ1n) is 7.11. The van der Waals surface area contributed by atoms with Gasteiger partial charge in [0.05, 0.1) is 5.02 Å². The third-order valence-corrected chi connectivity index (χ3v) is 3.77. The lowest BCUT2D eigenvalue weighted by molar-refractivity contribution is 0.609. The molecule has 0 fully saturated rings. The molecule has 116 valence electrons. The van der Waals surface area contributed by atoms with Crippen molar-refractivity contribution in [1.29, 1.82) is 0 Å². The van der Waals surface area contributed by atoms with E-state index in [0.29, 0.717) is 10.8 Å². The van der Waals surface area contributed by atoms with Gasteiger partial charge in [-0.2, -0.15) is 0 Å². The average Bonchev–Trinajstić information content (AvgIpc) is 2.50. The number of nitrogens with one attached hydrogen (secondary N) is 2. The van der Waals surface area contributed by atoms with Gasteiger partial charge in [0.25, 0.3) is 0 Å². The van der Waals surface area contributed by atoms with E-state index >= 15 is 0 Å². The molecule has 22 heavy (non-hydrogen) atoms. The minimum Gasteiger partial charge on any atom is -0.360 e. The molecular formula is C17H18ClFN2S. The van der Waals surface area contributed by atoms with Gasteiger partial charge in [-0.3, -0.25) is 0 Å². The largest absolute Gasteiger partial charge is 0.360 e. The van der Waals surface area contributed by atoms with Crippen LogP contribution in [0.3, 0.4) is 0 Å². The van der Waals surface area contributed by atoms with Crippen molar-refractivity contribution < 1.29 is 4.39 Å². The standard InChI is InChI=1S/C17H18ClFN2S/c1-12(7-8-13-5-3-2-4-6-13)20-17(22)21-14-9-10-16(19)15(18)11-14/h2-6,9-12H,7-8H2,1H3,(H2,20,21,22)/t12-/m1/s1. The Morgan fingerprint density at radius 1 is 1.23 bits per heavy atom. The van der Waals surface area contributed by atoms with E-state index < -0.39 is 5.82 Å². The zero-order chi connectivity index (χ0) is 15.9. The summed E-state index contributed by atoms with van der Waals surface area (Å²) in [6, 6.07) is 15.0. The van der Waals surface area contributed by atoms with Crippen LogP contribution in [0.15, 0.2) is 48.5 Å². The van der Waals surface area contributed by atoms with E-state index in [0.717, 1.165) is 12.8 Å². The Kier molecular flexibility index (Phi) is 6.16. The number of rotatable bonds is 5. The Morgan fingerprint density at radius 2 is 1.95 bits per heavy atom. The second kappa shape index (κ2) is 8.11. The monoisotopic (exact) mass is 336 g/mol. The van der Waals surface area contributed by atoms with Gasteiger partial charge in [0.2, 0.25) is 0 Å². The molecule has 0 amide bonds. The molecule has 2 N–H and O–H groups in total. The zero-order valence-electron chi connectivity index (χ0n) is 12.3. The third kappa shape index (κ3) is 5.28. The molecule has 2 aromatic rings. The van der Waals surface area contributed by atoms with E-state index in [1.807, 2.05) is 18.2 Å². The molecule has 0 aliphatic rings. The Bertz CT molecular complexity index is 634. The molecule has 0 aliphatic carbocycles. The summed E-state index contributed by atoms with van der Waals surface area (Å²) in [6.45, 7) is 2.08. The predicted octanol–water partition coefficient (Wildman–Crippen LogP) is 4.79. The number of thiocarbonyl (C=S) groups is 1. The SMILES string of the molecule is C[C@H](CCc1ccccc1)NC(=S)Nc1ccc(F)c(Cl)c1. The van der Waals surface area contributed by atoms with E-state index in [-0.39, 0.29) is 11.1 Å². The summed E-state index contributed by atoms with van der Waals surface area (Å²) in [5, 5.41) is 6.80. The summed E-state index contributed by atoms with van der Waals surface area (Å²) >= 11 is 11.0. The first kappa shape index (κ1) is 16.7. The summed E-state index contributed by atoms with van der Waals surface area (Å²) in [5.74, 6) is -0.442. The van der Waals surface area contributed by atoms with Gasteiger partial charge in [0.15, 0.2) is 5.11 Å². The molecule has 2 aromatic carbocycles. The fourth-order valence-corrected chi connectivity index (χ4v) is 2.56. The Labute approximate surface area is 140 Å². The van der Waals surface area contributed by atoms with Crippen molar-refractivity contribution in [2.45, 2.75) is 25.8 Å². The first-order valence-corrected chi connectivity index (χ1v) is 7.89. The maximum absolute atomic E-state index is 13.1. The van der Waals surface area contributed by atoms with Gasteiger partial charge in [-0.15, -0.1) is 0 Å². The van der Waals surface area contributed by atoms with Gasteiger partial charge in [-0.1, -0.05) is 41.9 Å². The molecule has 2 nitrogen and oxygen atoms in total. The van der Waals surface area contributed by atoms with Crippen molar-refractivity contribution in [3.05, 3.63) is 64.9 Å². The Balaban J connectivity index is 1.79. The molecule has 0 aromatic heterocycles. The maximum Gasteiger partial charge on any atom is 0.170 e. The smallest absolute Gasteiger partial charge is 0.170 e. The van der Waals surface area contributed by atoms with E-state index in [4.69, 9.17) is 23.8 Å². The van der Waals surface area contributed by atoms with E-state index in [1.54, 1.807) is 6.07 Å². The van der Waals surface area contributed by atoms with Gasteiger partial charge in [0, 0.05) is 11.7 Å². The molecule has 0 saturated heterocycles. The zero-order valence-corrected chi connectivity index (χ0v) is 13.8. The third-order valence-electron chi connectivity index (χ3n) is 3.26.